The van der Waals surface area contributed by atoms with E-state index in [9.17, 15) is 18.0 Å². The first-order chi connectivity index (χ1) is 14.9. The highest BCUT2D eigenvalue weighted by Crippen LogP contribution is 2.40. The lowest BCUT2D eigenvalue weighted by molar-refractivity contribution is -0.121. The molecule has 0 aromatic heterocycles. The number of nitrogens with one attached hydrogen (secondary N) is 1. The molecule has 4 rings (SSSR count). The Bertz CT molecular complexity index is 1250. The van der Waals surface area contributed by atoms with Crippen LogP contribution in [0.2, 0.25) is 5.02 Å². The fourth-order valence-corrected chi connectivity index (χ4v) is 5.75. The monoisotopic (exact) mass is 454 g/mol. The third-order valence-corrected chi connectivity index (χ3v) is 7.46. The average Bonchev–Trinajstić information content (AvgIpc) is 2.83. The molecular weight excluding hydrogens is 436 g/mol. The molecule has 3 aromatic rings. The van der Waals surface area contributed by atoms with E-state index < -0.39 is 26.9 Å². The number of carbonyl (C=O) groups is 2. The van der Waals surface area contributed by atoms with Crippen LogP contribution in [-0.2, 0) is 19.4 Å². The van der Waals surface area contributed by atoms with E-state index in [-0.39, 0.29) is 23.5 Å². The SMILES string of the molecule is O=C(CN1C(=O)C[C@@H](c2ccccc2)S(=O)(=O)c2ccccc21)Nc1cccc(Cl)c1. The molecule has 0 radical (unpaired) electrons. The van der Waals surface area contributed by atoms with Gasteiger partial charge in [0.2, 0.25) is 11.8 Å². The zero-order valence-corrected chi connectivity index (χ0v) is 17.9. The maximum absolute atomic E-state index is 13.4. The van der Waals surface area contributed by atoms with Gasteiger partial charge in [-0.1, -0.05) is 60.1 Å². The minimum absolute atomic E-state index is 0.0326. The Morgan fingerprint density at radius 1 is 1.00 bits per heavy atom. The van der Waals surface area contributed by atoms with Gasteiger partial charge >= 0.3 is 0 Å². The van der Waals surface area contributed by atoms with Crippen molar-refractivity contribution in [3.05, 3.63) is 89.4 Å². The number of carbonyl (C=O) groups excluding carboxylic acids is 2. The Labute approximate surface area is 185 Å². The summed E-state index contributed by atoms with van der Waals surface area (Å²) in [4.78, 5) is 27.1. The van der Waals surface area contributed by atoms with Crippen molar-refractivity contribution < 1.29 is 18.0 Å². The number of nitrogens with zero attached hydrogens (tertiary/aromatic N) is 1. The lowest BCUT2D eigenvalue weighted by Gasteiger charge is -2.21. The quantitative estimate of drug-likeness (QED) is 0.639. The van der Waals surface area contributed by atoms with Crippen molar-refractivity contribution in [3.8, 4) is 0 Å². The molecule has 1 atom stereocenters. The Kier molecular flexibility index (Phi) is 5.80. The number of benzene rings is 3. The third kappa shape index (κ3) is 4.33. The number of hydrogen-bond donors (Lipinski definition) is 1. The number of para-hydroxylation sites is 1. The van der Waals surface area contributed by atoms with Crippen LogP contribution in [0.4, 0.5) is 11.4 Å². The van der Waals surface area contributed by atoms with E-state index in [2.05, 4.69) is 5.32 Å². The number of sulfone groups is 1. The minimum Gasteiger partial charge on any atom is -0.324 e. The molecule has 0 fully saturated rings. The highest BCUT2D eigenvalue weighted by molar-refractivity contribution is 7.92. The van der Waals surface area contributed by atoms with E-state index in [0.717, 1.165) is 0 Å². The zero-order chi connectivity index (χ0) is 22.0. The zero-order valence-electron chi connectivity index (χ0n) is 16.4. The molecule has 1 aliphatic heterocycles. The van der Waals surface area contributed by atoms with Crippen LogP contribution in [0.1, 0.15) is 17.2 Å². The Morgan fingerprint density at radius 2 is 1.71 bits per heavy atom. The van der Waals surface area contributed by atoms with Gasteiger partial charge in [-0.05, 0) is 35.9 Å². The van der Waals surface area contributed by atoms with Gasteiger partial charge in [-0.2, -0.15) is 0 Å². The minimum atomic E-state index is -3.85. The van der Waals surface area contributed by atoms with Gasteiger partial charge in [0.1, 0.15) is 6.54 Å². The number of halogens is 1. The molecule has 0 bridgehead atoms. The van der Waals surface area contributed by atoms with Crippen LogP contribution in [0.3, 0.4) is 0 Å². The summed E-state index contributed by atoms with van der Waals surface area (Å²) in [5.74, 6) is -0.899. The number of anilines is 2. The molecule has 31 heavy (non-hydrogen) atoms. The van der Waals surface area contributed by atoms with Crippen molar-refractivity contribution >= 4 is 44.6 Å². The van der Waals surface area contributed by atoms with Crippen molar-refractivity contribution in [1.82, 2.24) is 0 Å². The summed E-state index contributed by atoms with van der Waals surface area (Å²) in [6.07, 6.45) is -0.258. The van der Waals surface area contributed by atoms with Gasteiger partial charge in [-0.15, -0.1) is 0 Å². The Morgan fingerprint density at radius 3 is 2.45 bits per heavy atom. The molecule has 6 nitrogen and oxygen atoms in total. The van der Waals surface area contributed by atoms with Gasteiger partial charge in [0.15, 0.2) is 9.84 Å². The average molecular weight is 455 g/mol. The predicted molar refractivity (Wildman–Crippen MR) is 120 cm³/mol. The fourth-order valence-electron chi connectivity index (χ4n) is 3.64. The predicted octanol–water partition coefficient (Wildman–Crippen LogP) is 4.23. The van der Waals surface area contributed by atoms with Crippen LogP contribution in [-0.4, -0.2) is 26.8 Å². The van der Waals surface area contributed by atoms with E-state index >= 15 is 0 Å². The maximum atomic E-state index is 13.4. The van der Waals surface area contributed by atoms with Gasteiger partial charge in [0.05, 0.1) is 15.8 Å². The Hall–Kier alpha value is -3.16. The standard InChI is InChI=1S/C23H19ClN2O4S/c24-17-9-6-10-18(13-17)25-22(27)15-26-19-11-4-5-12-20(19)31(29,30)21(14-23(26)28)16-7-2-1-3-8-16/h1-13,21H,14-15H2,(H,25,27)/t21-/m0/s1. The normalized spacial score (nSPS) is 17.5. The molecule has 0 saturated carbocycles. The first-order valence-electron chi connectivity index (χ1n) is 9.60. The molecule has 0 saturated heterocycles. The van der Waals surface area contributed by atoms with Gasteiger partial charge in [-0.3, -0.25) is 9.59 Å². The van der Waals surface area contributed by atoms with Gasteiger partial charge in [0, 0.05) is 17.1 Å². The summed E-state index contributed by atoms with van der Waals surface area (Å²) in [7, 11) is -3.85. The van der Waals surface area contributed by atoms with Gasteiger partial charge in [0.25, 0.3) is 0 Å². The third-order valence-electron chi connectivity index (χ3n) is 5.08. The van der Waals surface area contributed by atoms with Crippen LogP contribution in [0, 0.1) is 0 Å². The molecule has 0 spiro atoms. The first-order valence-corrected chi connectivity index (χ1v) is 11.5. The largest absolute Gasteiger partial charge is 0.324 e. The fraction of sp³-hybridized carbons (Fsp3) is 0.130. The van der Waals surface area contributed by atoms with Gasteiger partial charge < -0.3 is 10.2 Å². The van der Waals surface area contributed by atoms with Crippen LogP contribution < -0.4 is 10.2 Å². The van der Waals surface area contributed by atoms with Crippen LogP contribution >= 0.6 is 11.6 Å². The molecule has 1 N–H and O–H groups in total. The highest BCUT2D eigenvalue weighted by Gasteiger charge is 2.39. The van der Waals surface area contributed by atoms with E-state index in [1.54, 1.807) is 72.8 Å². The van der Waals surface area contributed by atoms with Gasteiger partial charge in [-0.25, -0.2) is 8.42 Å². The second-order valence-corrected chi connectivity index (χ2v) is 9.69. The van der Waals surface area contributed by atoms with Crippen LogP contribution in [0.25, 0.3) is 0 Å². The number of amides is 2. The molecule has 158 valence electrons. The number of fused-ring (bicyclic) bond motifs is 1. The molecule has 1 aliphatic rings. The lowest BCUT2D eigenvalue weighted by atomic mass is 10.1. The van der Waals surface area contributed by atoms with E-state index in [0.29, 0.717) is 16.3 Å². The summed E-state index contributed by atoms with van der Waals surface area (Å²) in [5.41, 5.74) is 1.23. The molecule has 2 amide bonds. The number of hydrogen-bond acceptors (Lipinski definition) is 4. The molecular formula is C23H19ClN2O4S. The highest BCUT2D eigenvalue weighted by atomic mass is 35.5. The summed E-state index contributed by atoms with van der Waals surface area (Å²) >= 11 is 5.95. The molecule has 3 aromatic carbocycles. The van der Waals surface area contributed by atoms with Crippen molar-refractivity contribution in [2.24, 2.45) is 0 Å². The maximum Gasteiger partial charge on any atom is 0.244 e. The van der Waals surface area contributed by atoms with Crippen LogP contribution in [0.5, 0.6) is 0 Å². The first kappa shape index (κ1) is 21.1. The van der Waals surface area contributed by atoms with E-state index in [1.807, 2.05) is 0 Å². The smallest absolute Gasteiger partial charge is 0.244 e. The lowest BCUT2D eigenvalue weighted by Crippen LogP contribution is -2.38. The summed E-state index contributed by atoms with van der Waals surface area (Å²) in [5, 5.41) is 2.14. The molecule has 0 aliphatic carbocycles. The van der Waals surface area contributed by atoms with Crippen molar-refractivity contribution in [3.63, 3.8) is 0 Å². The summed E-state index contributed by atoms with van der Waals surface area (Å²) < 4.78 is 26.9. The topological polar surface area (TPSA) is 83.6 Å². The molecule has 1 heterocycles. The second-order valence-electron chi connectivity index (χ2n) is 7.15. The van der Waals surface area contributed by atoms with Crippen molar-refractivity contribution in [1.29, 1.82) is 0 Å². The summed E-state index contributed by atoms with van der Waals surface area (Å²) in [6.45, 7) is -0.320. The number of rotatable bonds is 4. The summed E-state index contributed by atoms with van der Waals surface area (Å²) in [6, 6.07) is 21.6. The second kappa shape index (κ2) is 8.53. The van der Waals surface area contributed by atoms with E-state index in [4.69, 9.17) is 11.6 Å². The van der Waals surface area contributed by atoms with E-state index in [1.165, 1.54) is 11.0 Å². The molecule has 8 heteroatoms. The molecule has 0 unspecified atom stereocenters. The Balaban J connectivity index is 1.69. The van der Waals surface area contributed by atoms with Crippen molar-refractivity contribution in [2.45, 2.75) is 16.6 Å². The van der Waals surface area contributed by atoms with Crippen molar-refractivity contribution in [2.75, 3.05) is 16.8 Å². The van der Waals surface area contributed by atoms with Crippen LogP contribution in [0.15, 0.2) is 83.8 Å².